The SMILES string of the molecule is Cn1c(=O)n(C)c2cc(N3CCN(CCO)CC3)c(N)cc21. The fourth-order valence-electron chi connectivity index (χ4n) is 3.18. The molecular weight excluding hydrogens is 282 g/mol. The fraction of sp³-hybridized carbons (Fsp3) is 0.533. The van der Waals surface area contributed by atoms with Gasteiger partial charge in [0.1, 0.15) is 0 Å². The molecule has 1 aromatic heterocycles. The van der Waals surface area contributed by atoms with E-state index >= 15 is 0 Å². The Hall–Kier alpha value is -1.99. The normalized spacial score (nSPS) is 16.6. The number of β-amino-alcohol motifs (C(OH)–C–C–N with tert-alkyl or cyclic N) is 1. The number of benzene rings is 1. The lowest BCUT2D eigenvalue weighted by Gasteiger charge is -2.36. The minimum absolute atomic E-state index is 0.0423. The highest BCUT2D eigenvalue weighted by Crippen LogP contribution is 2.29. The average molecular weight is 305 g/mol. The molecular formula is C15H23N5O2. The molecule has 0 saturated carbocycles. The molecule has 0 aliphatic carbocycles. The van der Waals surface area contributed by atoms with E-state index in [0.717, 1.165) is 49.4 Å². The summed E-state index contributed by atoms with van der Waals surface area (Å²) in [5.74, 6) is 0. The van der Waals surface area contributed by atoms with E-state index in [-0.39, 0.29) is 12.3 Å². The van der Waals surface area contributed by atoms with E-state index in [1.807, 2.05) is 12.1 Å². The summed E-state index contributed by atoms with van der Waals surface area (Å²) in [6, 6.07) is 3.89. The van der Waals surface area contributed by atoms with Gasteiger partial charge in [-0.3, -0.25) is 14.0 Å². The van der Waals surface area contributed by atoms with Crippen molar-refractivity contribution in [1.82, 2.24) is 14.0 Å². The molecule has 7 heteroatoms. The Balaban J connectivity index is 1.93. The molecule has 1 aromatic carbocycles. The molecule has 1 aliphatic rings. The van der Waals surface area contributed by atoms with Gasteiger partial charge in [-0.25, -0.2) is 4.79 Å². The van der Waals surface area contributed by atoms with Gasteiger partial charge in [0.05, 0.1) is 29.0 Å². The molecule has 0 amide bonds. The summed E-state index contributed by atoms with van der Waals surface area (Å²) in [4.78, 5) is 16.5. The second-order valence-corrected chi connectivity index (χ2v) is 5.85. The number of aliphatic hydroxyl groups is 1. The van der Waals surface area contributed by atoms with Crippen molar-refractivity contribution in [2.45, 2.75) is 0 Å². The predicted molar refractivity (Wildman–Crippen MR) is 88.3 cm³/mol. The molecule has 120 valence electrons. The summed E-state index contributed by atoms with van der Waals surface area (Å²) in [6.45, 7) is 4.47. The maximum atomic E-state index is 12.0. The Morgan fingerprint density at radius 1 is 1.09 bits per heavy atom. The van der Waals surface area contributed by atoms with Crippen molar-refractivity contribution in [1.29, 1.82) is 0 Å². The number of aromatic nitrogens is 2. The van der Waals surface area contributed by atoms with Gasteiger partial charge in [0.25, 0.3) is 0 Å². The number of aryl methyl sites for hydroxylation is 2. The summed E-state index contributed by atoms with van der Waals surface area (Å²) >= 11 is 0. The van der Waals surface area contributed by atoms with Crippen molar-refractivity contribution in [2.75, 3.05) is 50.0 Å². The number of nitrogens with two attached hydrogens (primary N) is 1. The zero-order valence-electron chi connectivity index (χ0n) is 13.1. The Bertz CT molecular complexity index is 740. The first kappa shape index (κ1) is 14.9. The van der Waals surface area contributed by atoms with Crippen molar-refractivity contribution in [3.05, 3.63) is 22.6 Å². The van der Waals surface area contributed by atoms with E-state index in [2.05, 4.69) is 9.80 Å². The van der Waals surface area contributed by atoms with Crippen molar-refractivity contribution < 1.29 is 5.11 Å². The standard InChI is InChI=1S/C15H23N5O2/c1-17-13-9-11(16)12(10-14(13)18(2)15(17)22)20-5-3-19(4-6-20)7-8-21/h9-10,21H,3-8,16H2,1-2H3. The van der Waals surface area contributed by atoms with Crippen LogP contribution in [-0.2, 0) is 14.1 Å². The minimum atomic E-state index is -0.0423. The van der Waals surface area contributed by atoms with Crippen molar-refractivity contribution in [2.24, 2.45) is 14.1 Å². The topological polar surface area (TPSA) is 79.7 Å². The molecule has 0 spiro atoms. The van der Waals surface area contributed by atoms with Crippen LogP contribution in [0.2, 0.25) is 0 Å². The average Bonchev–Trinajstić information content (AvgIpc) is 2.72. The number of fused-ring (bicyclic) bond motifs is 1. The van der Waals surface area contributed by atoms with Crippen LogP contribution >= 0.6 is 0 Å². The summed E-state index contributed by atoms with van der Waals surface area (Å²) in [6.07, 6.45) is 0. The van der Waals surface area contributed by atoms with E-state index < -0.39 is 0 Å². The summed E-state index contributed by atoms with van der Waals surface area (Å²) < 4.78 is 3.27. The Morgan fingerprint density at radius 3 is 2.27 bits per heavy atom. The number of hydrogen-bond donors (Lipinski definition) is 2. The van der Waals surface area contributed by atoms with Crippen molar-refractivity contribution in [3.63, 3.8) is 0 Å². The third-order valence-electron chi connectivity index (χ3n) is 4.55. The van der Waals surface area contributed by atoms with Crippen LogP contribution in [0.5, 0.6) is 0 Å². The van der Waals surface area contributed by atoms with Gasteiger partial charge in [0, 0.05) is 46.8 Å². The maximum absolute atomic E-state index is 12.0. The first-order valence-electron chi connectivity index (χ1n) is 7.56. The Morgan fingerprint density at radius 2 is 1.68 bits per heavy atom. The van der Waals surface area contributed by atoms with Gasteiger partial charge in [0.2, 0.25) is 0 Å². The zero-order chi connectivity index (χ0) is 15.9. The Kier molecular flexibility index (Phi) is 3.84. The molecule has 22 heavy (non-hydrogen) atoms. The molecule has 2 heterocycles. The zero-order valence-corrected chi connectivity index (χ0v) is 13.1. The van der Waals surface area contributed by atoms with E-state index in [1.165, 1.54) is 0 Å². The largest absolute Gasteiger partial charge is 0.397 e. The van der Waals surface area contributed by atoms with E-state index in [4.69, 9.17) is 10.8 Å². The minimum Gasteiger partial charge on any atom is -0.397 e. The lowest BCUT2D eigenvalue weighted by atomic mass is 10.2. The lowest BCUT2D eigenvalue weighted by Crippen LogP contribution is -2.47. The third kappa shape index (κ3) is 2.36. The molecule has 0 radical (unpaired) electrons. The van der Waals surface area contributed by atoms with Crippen LogP contribution < -0.4 is 16.3 Å². The molecule has 0 bridgehead atoms. The highest BCUT2D eigenvalue weighted by atomic mass is 16.3. The molecule has 1 fully saturated rings. The van der Waals surface area contributed by atoms with Gasteiger partial charge in [-0.1, -0.05) is 0 Å². The number of aliphatic hydroxyl groups excluding tert-OH is 1. The molecule has 1 saturated heterocycles. The van der Waals surface area contributed by atoms with Gasteiger partial charge < -0.3 is 15.7 Å². The van der Waals surface area contributed by atoms with Gasteiger partial charge in [0.15, 0.2) is 0 Å². The van der Waals surface area contributed by atoms with Gasteiger partial charge in [-0.05, 0) is 12.1 Å². The highest BCUT2D eigenvalue weighted by molar-refractivity contribution is 5.88. The van der Waals surface area contributed by atoms with Crippen molar-refractivity contribution >= 4 is 22.4 Å². The van der Waals surface area contributed by atoms with Crippen LogP contribution in [0.1, 0.15) is 0 Å². The van der Waals surface area contributed by atoms with Crippen LogP contribution in [0.25, 0.3) is 11.0 Å². The van der Waals surface area contributed by atoms with Crippen LogP contribution in [-0.4, -0.2) is 58.5 Å². The van der Waals surface area contributed by atoms with E-state index in [0.29, 0.717) is 5.69 Å². The number of nitrogens with zero attached hydrogens (tertiary/aromatic N) is 4. The summed E-state index contributed by atoms with van der Waals surface area (Å²) in [5, 5.41) is 9.01. The van der Waals surface area contributed by atoms with Gasteiger partial charge >= 0.3 is 5.69 Å². The molecule has 3 N–H and O–H groups in total. The first-order valence-corrected chi connectivity index (χ1v) is 7.56. The number of anilines is 2. The van der Waals surface area contributed by atoms with Crippen LogP contribution in [0.15, 0.2) is 16.9 Å². The maximum Gasteiger partial charge on any atom is 0.328 e. The first-order chi connectivity index (χ1) is 10.5. The van der Waals surface area contributed by atoms with Crippen LogP contribution in [0, 0.1) is 0 Å². The molecule has 0 atom stereocenters. The second-order valence-electron chi connectivity index (χ2n) is 5.85. The number of rotatable bonds is 3. The monoisotopic (exact) mass is 305 g/mol. The molecule has 7 nitrogen and oxygen atoms in total. The smallest absolute Gasteiger partial charge is 0.328 e. The molecule has 3 rings (SSSR count). The van der Waals surface area contributed by atoms with Gasteiger partial charge in [-0.2, -0.15) is 0 Å². The van der Waals surface area contributed by atoms with Crippen molar-refractivity contribution in [3.8, 4) is 0 Å². The van der Waals surface area contributed by atoms with E-state index in [9.17, 15) is 4.79 Å². The van der Waals surface area contributed by atoms with Crippen LogP contribution in [0.3, 0.4) is 0 Å². The van der Waals surface area contributed by atoms with Gasteiger partial charge in [-0.15, -0.1) is 0 Å². The number of piperazine rings is 1. The predicted octanol–water partition coefficient (Wildman–Crippen LogP) is -0.426. The highest BCUT2D eigenvalue weighted by Gasteiger charge is 2.20. The van der Waals surface area contributed by atoms with Crippen LogP contribution in [0.4, 0.5) is 11.4 Å². The molecule has 0 unspecified atom stereocenters. The number of imidazole rings is 1. The number of nitrogen functional groups attached to an aromatic ring is 1. The lowest BCUT2D eigenvalue weighted by molar-refractivity contribution is 0.189. The molecule has 2 aromatic rings. The summed E-state index contributed by atoms with van der Waals surface area (Å²) in [7, 11) is 3.54. The van der Waals surface area contributed by atoms with E-state index in [1.54, 1.807) is 23.2 Å². The third-order valence-corrected chi connectivity index (χ3v) is 4.55. The molecule has 1 aliphatic heterocycles. The number of hydrogen-bond acceptors (Lipinski definition) is 5. The second kappa shape index (κ2) is 5.66. The fourth-order valence-corrected chi connectivity index (χ4v) is 3.18. The summed E-state index contributed by atoms with van der Waals surface area (Å²) in [5.41, 5.74) is 9.61. The quantitative estimate of drug-likeness (QED) is 0.753. The Labute approximate surface area is 129 Å².